The average Bonchev–Trinajstić information content (AvgIpc) is 3.22. The van der Waals surface area contributed by atoms with Gasteiger partial charge in [0.1, 0.15) is 5.60 Å². The fraction of sp³-hybridized carbons (Fsp3) is 0.943. The fourth-order valence-corrected chi connectivity index (χ4v) is 8.43. The van der Waals surface area contributed by atoms with Crippen molar-refractivity contribution in [3.05, 3.63) is 0 Å². The highest BCUT2D eigenvalue weighted by Crippen LogP contribution is 2.24. The van der Waals surface area contributed by atoms with Crippen LogP contribution in [0.15, 0.2) is 0 Å². The highest BCUT2D eigenvalue weighted by Gasteiger charge is 2.16. The number of unbranched alkanes of at least 4 members (excludes halogenated alkanes) is 17. The van der Waals surface area contributed by atoms with Gasteiger partial charge in [0.05, 0.1) is 13.2 Å². The smallest absolute Gasteiger partial charge is 0.407 e. The van der Waals surface area contributed by atoms with E-state index in [1.54, 1.807) is 0 Å². The molecule has 0 aliphatic heterocycles. The van der Waals surface area contributed by atoms with Gasteiger partial charge in [-0.05, 0) is 116 Å². The van der Waals surface area contributed by atoms with Crippen LogP contribution in [0.3, 0.4) is 0 Å². The Bertz CT molecular complexity index is 902. The summed E-state index contributed by atoms with van der Waals surface area (Å²) in [4.78, 5) is 39.7. The molecule has 362 valence electrons. The Morgan fingerprint density at radius 2 is 0.787 bits per heavy atom. The molecule has 0 aliphatic rings. The summed E-state index contributed by atoms with van der Waals surface area (Å²) >= 11 is 0. The number of nitrogens with one attached hydrogen (secondary N) is 1. The number of nitrogens with zero attached hydrogens (tertiary/aromatic N) is 1. The van der Waals surface area contributed by atoms with Crippen LogP contribution in [0.4, 0.5) is 4.79 Å². The van der Waals surface area contributed by atoms with E-state index in [0.29, 0.717) is 32.6 Å². The van der Waals surface area contributed by atoms with Crippen molar-refractivity contribution in [3.63, 3.8) is 0 Å². The number of rotatable bonds is 45. The van der Waals surface area contributed by atoms with Crippen LogP contribution in [0.2, 0.25) is 0 Å². The van der Waals surface area contributed by atoms with Crippen molar-refractivity contribution in [2.75, 3.05) is 39.4 Å². The first kappa shape index (κ1) is 59.2. The maximum Gasteiger partial charge on any atom is 0.407 e. The van der Waals surface area contributed by atoms with Crippen LogP contribution in [0.5, 0.6) is 0 Å². The van der Waals surface area contributed by atoms with E-state index >= 15 is 0 Å². The molecule has 0 aromatic carbocycles. The Labute approximate surface area is 379 Å². The van der Waals surface area contributed by atoms with Gasteiger partial charge in [0, 0.05) is 19.4 Å². The van der Waals surface area contributed by atoms with Crippen molar-refractivity contribution in [3.8, 4) is 0 Å². The molecule has 0 aromatic heterocycles. The van der Waals surface area contributed by atoms with Gasteiger partial charge in [0.25, 0.3) is 0 Å². The summed E-state index contributed by atoms with van der Waals surface area (Å²) < 4.78 is 16.7. The van der Waals surface area contributed by atoms with Crippen LogP contribution in [0.1, 0.15) is 267 Å². The molecule has 1 amide bonds. The van der Waals surface area contributed by atoms with Gasteiger partial charge in [-0.25, -0.2) is 4.79 Å². The third-order valence-electron chi connectivity index (χ3n) is 12.2. The van der Waals surface area contributed by atoms with Crippen LogP contribution in [-0.2, 0) is 23.8 Å². The number of alkyl carbamates (subject to hydrolysis) is 1. The largest absolute Gasteiger partial charge is 0.466 e. The Morgan fingerprint density at radius 1 is 0.443 bits per heavy atom. The van der Waals surface area contributed by atoms with Gasteiger partial charge in [-0.1, -0.05) is 169 Å². The number of esters is 2. The third kappa shape index (κ3) is 43.2. The molecule has 0 unspecified atom stereocenters. The number of carbonyl (C=O) groups excluding carboxylic acids is 3. The van der Waals surface area contributed by atoms with E-state index in [0.717, 1.165) is 95.7 Å². The quantitative estimate of drug-likeness (QED) is 0.0370. The van der Waals surface area contributed by atoms with Crippen molar-refractivity contribution in [2.45, 2.75) is 272 Å². The van der Waals surface area contributed by atoms with Crippen molar-refractivity contribution < 1.29 is 28.6 Å². The summed E-state index contributed by atoms with van der Waals surface area (Å²) in [7, 11) is 0. The van der Waals surface area contributed by atoms with E-state index < -0.39 is 5.60 Å². The fourth-order valence-electron chi connectivity index (χ4n) is 8.43. The van der Waals surface area contributed by atoms with Crippen LogP contribution < -0.4 is 5.32 Å². The van der Waals surface area contributed by atoms with Gasteiger partial charge in [-0.3, -0.25) is 9.59 Å². The zero-order valence-corrected chi connectivity index (χ0v) is 41.8. The predicted molar refractivity (Wildman–Crippen MR) is 259 cm³/mol. The molecule has 0 spiro atoms. The minimum atomic E-state index is -0.497. The Kier molecular flexibility index (Phi) is 42.1. The lowest BCUT2D eigenvalue weighted by Gasteiger charge is -2.23. The number of ether oxygens (including phenoxy) is 3. The van der Waals surface area contributed by atoms with Crippen LogP contribution in [0, 0.1) is 11.8 Å². The lowest BCUT2D eigenvalue weighted by molar-refractivity contribution is -0.144. The van der Waals surface area contributed by atoms with Gasteiger partial charge in [-0.15, -0.1) is 0 Å². The third-order valence-corrected chi connectivity index (χ3v) is 12.2. The molecule has 0 saturated carbocycles. The van der Waals surface area contributed by atoms with E-state index in [1.165, 1.54) is 141 Å². The van der Waals surface area contributed by atoms with Crippen LogP contribution in [0.25, 0.3) is 0 Å². The van der Waals surface area contributed by atoms with Gasteiger partial charge in [0.2, 0.25) is 0 Å². The van der Waals surface area contributed by atoms with Crippen molar-refractivity contribution in [1.29, 1.82) is 0 Å². The molecule has 8 nitrogen and oxygen atoms in total. The Hall–Kier alpha value is -1.83. The number of hydrogen-bond acceptors (Lipinski definition) is 7. The molecule has 0 aliphatic carbocycles. The molecule has 1 N–H and O–H groups in total. The van der Waals surface area contributed by atoms with Gasteiger partial charge < -0.3 is 24.4 Å². The first-order valence-corrected chi connectivity index (χ1v) is 26.5. The molecule has 0 atom stereocenters. The standard InChI is InChI=1S/C53H104N2O6/c1-8-12-16-22-34-48(35-23-17-13-9-2)38-32-46-59-50(56)40-26-20-29-43-55(45-31-28-42-54-52(58)61-53(5,6)7)44-30-21-27-41-51(57)60-47-33-39-49(36-24-18-14-10-3)37-25-19-15-11-4/h48-49H,8-47H2,1-7H3,(H,54,58). The molecule has 0 fully saturated rings. The van der Waals surface area contributed by atoms with E-state index in [1.807, 2.05) is 20.8 Å². The molecular formula is C53H104N2O6. The van der Waals surface area contributed by atoms with E-state index in [2.05, 4.69) is 37.9 Å². The molecule has 0 radical (unpaired) electrons. The Morgan fingerprint density at radius 3 is 1.15 bits per heavy atom. The number of amides is 1. The van der Waals surface area contributed by atoms with Gasteiger partial charge in [0.15, 0.2) is 0 Å². The first-order valence-electron chi connectivity index (χ1n) is 26.5. The number of hydrogen-bond donors (Lipinski definition) is 1. The summed E-state index contributed by atoms with van der Waals surface area (Å²) in [5, 5.41) is 2.88. The second-order valence-corrected chi connectivity index (χ2v) is 19.5. The normalized spacial score (nSPS) is 11.8. The Balaban J connectivity index is 4.58. The molecular weight excluding hydrogens is 761 g/mol. The molecule has 0 aromatic rings. The van der Waals surface area contributed by atoms with Crippen molar-refractivity contribution in [2.24, 2.45) is 11.8 Å². The van der Waals surface area contributed by atoms with Crippen LogP contribution >= 0.6 is 0 Å². The summed E-state index contributed by atoms with van der Waals surface area (Å²) in [6, 6.07) is 0. The maximum absolute atomic E-state index is 12.6. The molecule has 0 heterocycles. The zero-order valence-electron chi connectivity index (χ0n) is 41.8. The van der Waals surface area contributed by atoms with E-state index in [4.69, 9.17) is 14.2 Å². The van der Waals surface area contributed by atoms with Crippen molar-refractivity contribution in [1.82, 2.24) is 10.2 Å². The molecule has 0 saturated heterocycles. The predicted octanol–water partition coefficient (Wildman–Crippen LogP) is 15.5. The van der Waals surface area contributed by atoms with E-state index in [9.17, 15) is 14.4 Å². The van der Waals surface area contributed by atoms with Gasteiger partial charge >= 0.3 is 18.0 Å². The molecule has 0 bridgehead atoms. The number of carbonyl (C=O) groups is 3. The van der Waals surface area contributed by atoms with Crippen molar-refractivity contribution >= 4 is 18.0 Å². The van der Waals surface area contributed by atoms with Crippen LogP contribution in [-0.4, -0.2) is 67.9 Å². The summed E-state index contributed by atoms with van der Waals surface area (Å²) in [5.41, 5.74) is -0.497. The minimum absolute atomic E-state index is 0.0462. The minimum Gasteiger partial charge on any atom is -0.466 e. The summed E-state index contributed by atoms with van der Waals surface area (Å²) in [5.74, 6) is 1.46. The average molecular weight is 865 g/mol. The lowest BCUT2D eigenvalue weighted by Crippen LogP contribution is -2.33. The zero-order chi connectivity index (χ0) is 45.1. The topological polar surface area (TPSA) is 94.2 Å². The first-order chi connectivity index (χ1) is 29.5. The monoisotopic (exact) mass is 865 g/mol. The second kappa shape index (κ2) is 43.4. The summed E-state index contributed by atoms with van der Waals surface area (Å²) in [6.45, 7) is 19.4. The second-order valence-electron chi connectivity index (χ2n) is 19.5. The highest BCUT2D eigenvalue weighted by molar-refractivity contribution is 5.69. The lowest BCUT2D eigenvalue weighted by atomic mass is 9.91. The SMILES string of the molecule is CCCCCCC(CCCCCC)CCCOC(=O)CCCCCN(CCCCCC(=O)OCCCC(CCCCCC)CCCCCC)CCCCNC(=O)OC(C)(C)C. The summed E-state index contributed by atoms with van der Waals surface area (Å²) in [6.07, 6.45) is 39.2. The molecule has 8 heteroatoms. The highest BCUT2D eigenvalue weighted by atomic mass is 16.6. The molecule has 0 rings (SSSR count). The molecule has 61 heavy (non-hydrogen) atoms. The maximum atomic E-state index is 12.6. The van der Waals surface area contributed by atoms with E-state index in [-0.39, 0.29) is 18.0 Å². The van der Waals surface area contributed by atoms with Gasteiger partial charge in [-0.2, -0.15) is 0 Å².